The van der Waals surface area contributed by atoms with Gasteiger partial charge in [0.1, 0.15) is 0 Å². The Labute approximate surface area is 98.0 Å². The van der Waals surface area contributed by atoms with Crippen LogP contribution in [0.2, 0.25) is 0 Å². The van der Waals surface area contributed by atoms with Gasteiger partial charge in [0.05, 0.1) is 13.0 Å². The van der Waals surface area contributed by atoms with Gasteiger partial charge >= 0.3 is 5.97 Å². The molecule has 0 aromatic carbocycles. The van der Waals surface area contributed by atoms with Gasteiger partial charge in [-0.25, -0.2) is 0 Å². The predicted octanol–water partition coefficient (Wildman–Crippen LogP) is 1.69. The highest BCUT2D eigenvalue weighted by Crippen LogP contribution is 2.10. The zero-order valence-corrected chi connectivity index (χ0v) is 10.9. The molecule has 0 saturated carbocycles. The van der Waals surface area contributed by atoms with E-state index in [-0.39, 0.29) is 23.7 Å². The van der Waals surface area contributed by atoms with Crippen LogP contribution in [0.25, 0.3) is 0 Å². The minimum Gasteiger partial charge on any atom is -0.469 e. The van der Waals surface area contributed by atoms with Gasteiger partial charge in [-0.1, -0.05) is 27.2 Å². The molecule has 0 aliphatic heterocycles. The highest BCUT2D eigenvalue weighted by atomic mass is 16.5. The number of nitrogens with zero attached hydrogens (tertiary/aromatic N) is 1. The van der Waals surface area contributed by atoms with Crippen molar-refractivity contribution >= 4 is 11.9 Å². The van der Waals surface area contributed by atoms with E-state index in [4.69, 9.17) is 0 Å². The summed E-state index contributed by atoms with van der Waals surface area (Å²) < 4.78 is 4.62. The normalized spacial score (nSPS) is 14.1. The van der Waals surface area contributed by atoms with Crippen LogP contribution in [0.3, 0.4) is 0 Å². The number of amides is 1. The molecular formula is C12H23NO3. The van der Waals surface area contributed by atoms with E-state index in [1.807, 2.05) is 6.92 Å². The van der Waals surface area contributed by atoms with E-state index >= 15 is 0 Å². The van der Waals surface area contributed by atoms with E-state index < -0.39 is 0 Å². The maximum absolute atomic E-state index is 11.9. The summed E-state index contributed by atoms with van der Waals surface area (Å²) in [5.41, 5.74) is 0. The van der Waals surface area contributed by atoms with Gasteiger partial charge < -0.3 is 9.64 Å². The SMILES string of the molecule is CCCC(C)C(=O)N(C)CC(C)C(=O)OC. The van der Waals surface area contributed by atoms with Gasteiger partial charge in [0.25, 0.3) is 0 Å². The lowest BCUT2D eigenvalue weighted by Gasteiger charge is -2.23. The van der Waals surface area contributed by atoms with Crippen molar-refractivity contribution in [2.75, 3.05) is 20.7 Å². The molecular weight excluding hydrogens is 206 g/mol. The molecule has 0 bridgehead atoms. The zero-order chi connectivity index (χ0) is 12.7. The van der Waals surface area contributed by atoms with Gasteiger partial charge in [-0.3, -0.25) is 9.59 Å². The van der Waals surface area contributed by atoms with Crippen molar-refractivity contribution in [3.8, 4) is 0 Å². The molecule has 0 aromatic heterocycles. The quantitative estimate of drug-likeness (QED) is 0.651. The molecule has 0 fully saturated rings. The minimum atomic E-state index is -0.275. The molecule has 0 spiro atoms. The fourth-order valence-electron chi connectivity index (χ4n) is 1.71. The summed E-state index contributed by atoms with van der Waals surface area (Å²) in [6.07, 6.45) is 1.88. The average molecular weight is 229 g/mol. The Morgan fingerprint density at radius 1 is 1.25 bits per heavy atom. The molecule has 0 saturated heterocycles. The van der Waals surface area contributed by atoms with Crippen LogP contribution < -0.4 is 0 Å². The Hall–Kier alpha value is -1.06. The summed E-state index contributed by atoms with van der Waals surface area (Å²) in [7, 11) is 3.09. The first kappa shape index (κ1) is 14.9. The summed E-state index contributed by atoms with van der Waals surface area (Å²) in [6.45, 7) is 6.16. The molecule has 0 aliphatic rings. The second-order valence-corrected chi connectivity index (χ2v) is 4.33. The first-order valence-corrected chi connectivity index (χ1v) is 5.76. The highest BCUT2D eigenvalue weighted by Gasteiger charge is 2.21. The number of carbonyl (C=O) groups excluding carboxylic acids is 2. The van der Waals surface area contributed by atoms with Gasteiger partial charge in [0.2, 0.25) is 5.91 Å². The Balaban J connectivity index is 4.19. The summed E-state index contributed by atoms with van der Waals surface area (Å²) in [6, 6.07) is 0. The third-order valence-corrected chi connectivity index (χ3v) is 2.67. The van der Waals surface area contributed by atoms with Crippen molar-refractivity contribution in [2.45, 2.75) is 33.6 Å². The van der Waals surface area contributed by atoms with Crippen LogP contribution in [-0.2, 0) is 14.3 Å². The molecule has 0 radical (unpaired) electrons. The van der Waals surface area contributed by atoms with E-state index in [1.54, 1.807) is 18.9 Å². The van der Waals surface area contributed by atoms with Crippen LogP contribution in [0.4, 0.5) is 0 Å². The molecule has 4 heteroatoms. The molecule has 0 heterocycles. The standard InChI is InChI=1S/C12H23NO3/c1-6-7-9(2)11(14)13(4)8-10(3)12(15)16-5/h9-10H,6-8H2,1-5H3. The zero-order valence-electron chi connectivity index (χ0n) is 10.9. The van der Waals surface area contributed by atoms with Crippen LogP contribution in [0.5, 0.6) is 0 Å². The molecule has 2 atom stereocenters. The van der Waals surface area contributed by atoms with E-state index in [2.05, 4.69) is 11.7 Å². The molecule has 1 amide bonds. The lowest BCUT2D eigenvalue weighted by atomic mass is 10.0. The molecule has 0 aromatic rings. The summed E-state index contributed by atoms with van der Waals surface area (Å²) in [4.78, 5) is 24.7. The lowest BCUT2D eigenvalue weighted by Crippen LogP contribution is -2.37. The second kappa shape index (κ2) is 7.25. The number of methoxy groups -OCH3 is 1. The number of carbonyl (C=O) groups is 2. The van der Waals surface area contributed by atoms with Gasteiger partial charge in [-0.05, 0) is 6.42 Å². The second-order valence-electron chi connectivity index (χ2n) is 4.33. The van der Waals surface area contributed by atoms with Crippen molar-refractivity contribution in [3.05, 3.63) is 0 Å². The Morgan fingerprint density at radius 3 is 2.25 bits per heavy atom. The fourth-order valence-corrected chi connectivity index (χ4v) is 1.71. The van der Waals surface area contributed by atoms with Crippen molar-refractivity contribution in [3.63, 3.8) is 0 Å². The molecule has 0 rings (SSSR count). The summed E-state index contributed by atoms with van der Waals surface area (Å²) in [5, 5.41) is 0. The smallest absolute Gasteiger partial charge is 0.310 e. The van der Waals surface area contributed by atoms with Crippen LogP contribution in [-0.4, -0.2) is 37.5 Å². The molecule has 2 unspecified atom stereocenters. The van der Waals surface area contributed by atoms with Crippen molar-refractivity contribution < 1.29 is 14.3 Å². The Kier molecular flexibility index (Phi) is 6.77. The summed E-state index contributed by atoms with van der Waals surface area (Å²) in [5.74, 6) is -0.423. The Morgan fingerprint density at radius 2 is 1.81 bits per heavy atom. The highest BCUT2D eigenvalue weighted by molar-refractivity contribution is 5.79. The van der Waals surface area contributed by atoms with E-state index in [9.17, 15) is 9.59 Å². The first-order valence-electron chi connectivity index (χ1n) is 5.76. The van der Waals surface area contributed by atoms with Crippen LogP contribution in [0.15, 0.2) is 0 Å². The maximum Gasteiger partial charge on any atom is 0.310 e. The summed E-state index contributed by atoms with van der Waals surface area (Å²) >= 11 is 0. The van der Waals surface area contributed by atoms with Gasteiger partial charge in [0, 0.05) is 19.5 Å². The number of hydrogen-bond donors (Lipinski definition) is 0. The van der Waals surface area contributed by atoms with Crippen molar-refractivity contribution in [2.24, 2.45) is 11.8 Å². The largest absolute Gasteiger partial charge is 0.469 e. The number of hydrogen-bond acceptors (Lipinski definition) is 3. The first-order chi connectivity index (χ1) is 7.43. The lowest BCUT2D eigenvalue weighted by molar-refractivity contribution is -0.146. The third-order valence-electron chi connectivity index (χ3n) is 2.67. The van der Waals surface area contributed by atoms with Crippen molar-refractivity contribution in [1.82, 2.24) is 4.90 Å². The minimum absolute atomic E-state index is 0.0276. The number of ether oxygens (including phenoxy) is 1. The predicted molar refractivity (Wildman–Crippen MR) is 62.9 cm³/mol. The van der Waals surface area contributed by atoms with Crippen LogP contribution in [0, 0.1) is 11.8 Å². The van der Waals surface area contributed by atoms with Crippen LogP contribution in [0.1, 0.15) is 33.6 Å². The topological polar surface area (TPSA) is 46.6 Å². The number of esters is 1. The van der Waals surface area contributed by atoms with E-state index in [0.29, 0.717) is 6.54 Å². The van der Waals surface area contributed by atoms with Gasteiger partial charge in [-0.15, -0.1) is 0 Å². The maximum atomic E-state index is 11.9. The van der Waals surface area contributed by atoms with Crippen LogP contribution >= 0.6 is 0 Å². The van der Waals surface area contributed by atoms with Gasteiger partial charge in [0.15, 0.2) is 0 Å². The van der Waals surface area contributed by atoms with E-state index in [1.165, 1.54) is 7.11 Å². The molecule has 4 nitrogen and oxygen atoms in total. The van der Waals surface area contributed by atoms with Gasteiger partial charge in [-0.2, -0.15) is 0 Å². The molecule has 0 N–H and O–H groups in total. The number of rotatable bonds is 6. The molecule has 0 aliphatic carbocycles. The Bertz CT molecular complexity index is 240. The average Bonchev–Trinajstić information content (AvgIpc) is 2.26. The van der Waals surface area contributed by atoms with E-state index in [0.717, 1.165) is 12.8 Å². The fraction of sp³-hybridized carbons (Fsp3) is 0.833. The monoisotopic (exact) mass is 229 g/mol. The van der Waals surface area contributed by atoms with Crippen molar-refractivity contribution in [1.29, 1.82) is 0 Å². The molecule has 94 valence electrons. The third kappa shape index (κ3) is 4.64. The molecule has 16 heavy (non-hydrogen) atoms.